The van der Waals surface area contributed by atoms with Gasteiger partial charge in [0.2, 0.25) is 5.91 Å². The van der Waals surface area contributed by atoms with E-state index in [1.165, 1.54) is 96.0 Å². The van der Waals surface area contributed by atoms with Gasteiger partial charge >= 0.3 is 0 Å². The molecule has 0 saturated carbocycles. The molecule has 0 rings (SSSR count). The van der Waals surface area contributed by atoms with Crippen LogP contribution in [0.4, 0.5) is 0 Å². The lowest BCUT2D eigenvalue weighted by Gasteiger charge is -2.22. The zero-order chi connectivity index (χ0) is 37.0. The van der Waals surface area contributed by atoms with Crippen molar-refractivity contribution in [3.05, 3.63) is 60.8 Å². The van der Waals surface area contributed by atoms with Gasteiger partial charge < -0.3 is 15.5 Å². The first-order valence-corrected chi connectivity index (χ1v) is 21.7. The first-order chi connectivity index (χ1) is 24.2. The van der Waals surface area contributed by atoms with Crippen LogP contribution in [0.15, 0.2) is 60.8 Å². The Morgan fingerprint density at radius 2 is 0.960 bits per heavy atom. The van der Waals surface area contributed by atoms with Crippen LogP contribution in [0.5, 0.6) is 0 Å². The summed E-state index contributed by atoms with van der Waals surface area (Å²) < 4.78 is 32.5. The van der Waals surface area contributed by atoms with Crippen LogP contribution in [-0.2, 0) is 14.9 Å². The predicted octanol–water partition coefficient (Wildman–Crippen LogP) is 10.7. The van der Waals surface area contributed by atoms with Crippen molar-refractivity contribution in [1.29, 1.82) is 0 Å². The molecule has 8 heteroatoms. The normalized spacial score (nSPS) is 14.6. The van der Waals surface area contributed by atoms with E-state index in [0.717, 1.165) is 51.4 Å². The molecule has 0 aromatic carbocycles. The molecule has 0 aromatic rings. The molecular formula is C42H75NO6S. The maximum absolute atomic E-state index is 12.6. The van der Waals surface area contributed by atoms with Crippen LogP contribution in [0.2, 0.25) is 0 Å². The van der Waals surface area contributed by atoms with Crippen LogP contribution < -0.4 is 5.32 Å². The molecule has 0 radical (unpaired) electrons. The monoisotopic (exact) mass is 722 g/mol. The lowest BCUT2D eigenvalue weighted by atomic mass is 10.0. The van der Waals surface area contributed by atoms with Gasteiger partial charge in [0.1, 0.15) is 6.10 Å². The number of amides is 1. The average molecular weight is 722 g/mol. The molecule has 290 valence electrons. The van der Waals surface area contributed by atoms with Gasteiger partial charge in [0.25, 0.3) is 10.1 Å². The lowest BCUT2D eigenvalue weighted by molar-refractivity contribution is -0.130. The number of nitrogens with one attached hydrogen (secondary N) is 1. The first-order valence-electron chi connectivity index (χ1n) is 20.1. The highest BCUT2D eigenvalue weighted by Crippen LogP contribution is 2.13. The summed E-state index contributed by atoms with van der Waals surface area (Å²) in [6.45, 7) is 4.46. The molecule has 3 unspecified atom stereocenters. The molecule has 0 aliphatic rings. The fraction of sp³-hybridized carbons (Fsp3) is 0.738. The number of hydrogen-bond acceptors (Lipinski definition) is 5. The Morgan fingerprint density at radius 3 is 1.48 bits per heavy atom. The summed E-state index contributed by atoms with van der Waals surface area (Å²) in [6.07, 6.45) is 45.5. The van der Waals surface area contributed by atoms with Gasteiger partial charge in [-0.2, -0.15) is 8.42 Å². The Hall–Kier alpha value is -2.00. The summed E-state index contributed by atoms with van der Waals surface area (Å²) in [5.74, 6) is -1.58. The summed E-state index contributed by atoms with van der Waals surface area (Å²) in [6, 6.07) is -1.26. The highest BCUT2D eigenvalue weighted by Gasteiger charge is 2.27. The van der Waals surface area contributed by atoms with Gasteiger partial charge in [-0.25, -0.2) is 0 Å². The summed E-state index contributed by atoms with van der Waals surface area (Å²) in [5, 5.41) is 23.3. The number of aliphatic hydroxyl groups is 2. The first kappa shape index (κ1) is 48.0. The zero-order valence-corrected chi connectivity index (χ0v) is 32.7. The van der Waals surface area contributed by atoms with E-state index in [-0.39, 0.29) is 6.42 Å². The maximum Gasteiger partial charge on any atom is 0.267 e. The second-order valence-corrected chi connectivity index (χ2v) is 15.2. The van der Waals surface area contributed by atoms with Gasteiger partial charge in [0.15, 0.2) is 0 Å². The minimum Gasteiger partial charge on any atom is -0.387 e. The Morgan fingerprint density at radius 1 is 0.560 bits per heavy atom. The molecular weight excluding hydrogens is 647 g/mol. The number of allylic oxidation sites excluding steroid dienone is 9. The van der Waals surface area contributed by atoms with Gasteiger partial charge in [-0.15, -0.1) is 0 Å². The molecule has 0 bridgehead atoms. The molecule has 0 aromatic heterocycles. The predicted molar refractivity (Wildman–Crippen MR) is 213 cm³/mol. The molecule has 0 aliphatic carbocycles. The number of unbranched alkanes of at least 4 members (excludes halogenated alkanes) is 19. The van der Waals surface area contributed by atoms with E-state index >= 15 is 0 Å². The largest absolute Gasteiger partial charge is 0.387 e. The number of rotatable bonds is 35. The van der Waals surface area contributed by atoms with E-state index in [2.05, 4.69) is 67.8 Å². The Kier molecular flexibility index (Phi) is 34.0. The highest BCUT2D eigenvalue weighted by molar-refractivity contribution is 7.85. The summed E-state index contributed by atoms with van der Waals surface area (Å²) >= 11 is 0. The van der Waals surface area contributed by atoms with Crippen LogP contribution in [0.1, 0.15) is 174 Å². The summed E-state index contributed by atoms with van der Waals surface area (Å²) in [4.78, 5) is 12.6. The third-order valence-electron chi connectivity index (χ3n) is 8.78. The second-order valence-electron chi connectivity index (χ2n) is 13.7. The van der Waals surface area contributed by atoms with Crippen molar-refractivity contribution < 1.29 is 28.0 Å². The number of hydrogen-bond donors (Lipinski definition) is 4. The highest BCUT2D eigenvalue weighted by atomic mass is 32.2. The van der Waals surface area contributed by atoms with Crippen molar-refractivity contribution >= 4 is 16.0 Å². The molecule has 0 aliphatic heterocycles. The van der Waals surface area contributed by atoms with Crippen molar-refractivity contribution in [3.8, 4) is 0 Å². The fourth-order valence-electron chi connectivity index (χ4n) is 5.65. The zero-order valence-electron chi connectivity index (χ0n) is 31.9. The van der Waals surface area contributed by atoms with Gasteiger partial charge in [-0.05, 0) is 70.6 Å². The van der Waals surface area contributed by atoms with Gasteiger partial charge in [-0.1, -0.05) is 164 Å². The van der Waals surface area contributed by atoms with E-state index in [1.54, 1.807) is 6.08 Å². The van der Waals surface area contributed by atoms with Crippen LogP contribution in [0, 0.1) is 0 Å². The third kappa shape index (κ3) is 34.4. The van der Waals surface area contributed by atoms with Crippen molar-refractivity contribution in [1.82, 2.24) is 5.32 Å². The maximum atomic E-state index is 12.6. The molecule has 0 saturated heterocycles. The second kappa shape index (κ2) is 35.4. The van der Waals surface area contributed by atoms with Crippen molar-refractivity contribution in [2.75, 3.05) is 5.75 Å². The summed E-state index contributed by atoms with van der Waals surface area (Å²) in [5.41, 5.74) is 0. The number of carbonyl (C=O) groups is 1. The molecule has 50 heavy (non-hydrogen) atoms. The molecule has 0 heterocycles. The van der Waals surface area contributed by atoms with Crippen LogP contribution in [-0.4, -0.2) is 53.1 Å². The third-order valence-corrected chi connectivity index (χ3v) is 9.56. The number of aliphatic hydroxyl groups excluding tert-OH is 2. The van der Waals surface area contributed by atoms with Crippen LogP contribution in [0.25, 0.3) is 0 Å². The average Bonchev–Trinajstić information content (AvgIpc) is 3.08. The Balaban J connectivity index is 4.13. The van der Waals surface area contributed by atoms with E-state index in [9.17, 15) is 28.0 Å². The molecule has 7 nitrogen and oxygen atoms in total. The van der Waals surface area contributed by atoms with Crippen molar-refractivity contribution in [3.63, 3.8) is 0 Å². The van der Waals surface area contributed by atoms with Crippen LogP contribution >= 0.6 is 0 Å². The molecule has 0 spiro atoms. The van der Waals surface area contributed by atoms with Gasteiger partial charge in [0.05, 0.1) is 17.9 Å². The van der Waals surface area contributed by atoms with Crippen molar-refractivity contribution in [2.24, 2.45) is 0 Å². The van der Waals surface area contributed by atoms with Gasteiger partial charge in [-0.3, -0.25) is 9.35 Å². The SMILES string of the molecule is CCCCC/C=C\C=C/CCCCCCCCCCCC(O)C(=O)NC(CS(=O)(=O)O)C(O)/C=C/CC/C=C/CC/C=C/CCCCCCC. The Bertz CT molecular complexity index is 1030. The van der Waals surface area contributed by atoms with Crippen LogP contribution in [0.3, 0.4) is 0 Å². The minimum absolute atomic E-state index is 0.263. The smallest absolute Gasteiger partial charge is 0.267 e. The van der Waals surface area contributed by atoms with Crippen molar-refractivity contribution in [2.45, 2.75) is 193 Å². The van der Waals surface area contributed by atoms with E-state index in [4.69, 9.17) is 0 Å². The molecule has 0 fully saturated rings. The molecule has 1 amide bonds. The Labute approximate surface area is 307 Å². The lowest BCUT2D eigenvalue weighted by Crippen LogP contribution is -2.50. The fourth-order valence-corrected chi connectivity index (χ4v) is 6.39. The quantitative estimate of drug-likeness (QED) is 0.0223. The summed E-state index contributed by atoms with van der Waals surface area (Å²) in [7, 11) is -4.46. The number of carbonyl (C=O) groups excluding carboxylic acids is 1. The molecule has 4 N–H and O–H groups in total. The topological polar surface area (TPSA) is 124 Å². The minimum atomic E-state index is -4.46. The van der Waals surface area contributed by atoms with E-state index < -0.39 is 40.0 Å². The van der Waals surface area contributed by atoms with E-state index in [1.807, 2.05) is 0 Å². The molecule has 3 atom stereocenters. The van der Waals surface area contributed by atoms with Gasteiger partial charge in [0, 0.05) is 0 Å². The van der Waals surface area contributed by atoms with E-state index in [0.29, 0.717) is 12.8 Å². The standard InChI is InChI=1S/C42H75NO6S/c1-3-5-7-9-11-13-15-17-19-20-21-23-25-27-29-31-33-35-37-41(45)42(46)43-39(38-50(47,48)49)40(44)36-34-32-30-28-26-24-22-18-16-14-12-10-8-6-4-2/h11,13,15-18,26,28,34,36,39-41,44-45H,3-10,12,14,19-25,27,29-33,35,37-38H2,1-2H3,(H,43,46)(H,47,48,49)/b13-11-,17-15-,18-16+,28-26+,36-34+.